The van der Waals surface area contributed by atoms with Gasteiger partial charge in [-0.25, -0.2) is 0 Å². The second-order valence-corrected chi connectivity index (χ2v) is 6.17. The Hall–Kier alpha value is -1.18. The molecule has 1 aliphatic rings. The normalized spacial score (nSPS) is 16.8. The summed E-state index contributed by atoms with van der Waals surface area (Å²) in [5.74, 6) is 1.55. The molecule has 1 aliphatic heterocycles. The maximum absolute atomic E-state index is 5.88. The number of anilines is 2. The molecule has 2 heteroatoms. The highest BCUT2D eigenvalue weighted by Gasteiger charge is 2.19. The zero-order chi connectivity index (χ0) is 13.1. The summed E-state index contributed by atoms with van der Waals surface area (Å²) in [6.45, 7) is 9.35. The Morgan fingerprint density at radius 1 is 1.28 bits per heavy atom. The summed E-state index contributed by atoms with van der Waals surface area (Å²) in [5, 5.41) is 0. The van der Waals surface area contributed by atoms with E-state index in [4.69, 9.17) is 5.73 Å². The molecule has 0 amide bonds. The molecule has 1 aromatic carbocycles. The van der Waals surface area contributed by atoms with Crippen LogP contribution in [-0.2, 0) is 6.42 Å². The molecule has 2 rings (SSSR count). The molecule has 0 aliphatic carbocycles. The Morgan fingerprint density at radius 3 is 2.78 bits per heavy atom. The van der Waals surface area contributed by atoms with Gasteiger partial charge >= 0.3 is 0 Å². The van der Waals surface area contributed by atoms with Crippen LogP contribution in [0.15, 0.2) is 18.2 Å². The second-order valence-electron chi connectivity index (χ2n) is 6.17. The Labute approximate surface area is 111 Å². The van der Waals surface area contributed by atoms with Crippen molar-refractivity contribution in [2.75, 3.05) is 23.7 Å². The van der Waals surface area contributed by atoms with Crippen LogP contribution < -0.4 is 10.6 Å². The van der Waals surface area contributed by atoms with E-state index >= 15 is 0 Å². The average Bonchev–Trinajstić information content (AvgIpc) is 2.27. The first-order valence-electron chi connectivity index (χ1n) is 7.19. The van der Waals surface area contributed by atoms with Crippen LogP contribution in [0.4, 0.5) is 11.4 Å². The Morgan fingerprint density at radius 2 is 2.06 bits per heavy atom. The number of nitrogens with two attached hydrogens (primary N) is 1. The van der Waals surface area contributed by atoms with E-state index in [1.807, 2.05) is 6.07 Å². The van der Waals surface area contributed by atoms with E-state index in [-0.39, 0.29) is 0 Å². The van der Waals surface area contributed by atoms with Crippen molar-refractivity contribution in [1.29, 1.82) is 0 Å². The largest absolute Gasteiger partial charge is 0.399 e. The third-order valence-electron chi connectivity index (χ3n) is 3.72. The summed E-state index contributed by atoms with van der Waals surface area (Å²) in [7, 11) is 0. The SMILES string of the molecule is CC(C)CC(C)CN1CCCc2cc(N)ccc21. The average molecular weight is 246 g/mol. The Kier molecular flexibility index (Phi) is 4.15. The highest BCUT2D eigenvalue weighted by molar-refractivity contribution is 5.61. The van der Waals surface area contributed by atoms with Crippen LogP contribution in [0.3, 0.4) is 0 Å². The quantitative estimate of drug-likeness (QED) is 0.821. The molecule has 1 heterocycles. The van der Waals surface area contributed by atoms with Crippen LogP contribution in [0.1, 0.15) is 39.2 Å². The van der Waals surface area contributed by atoms with Gasteiger partial charge in [-0.3, -0.25) is 0 Å². The topological polar surface area (TPSA) is 29.3 Å². The van der Waals surface area contributed by atoms with E-state index < -0.39 is 0 Å². The molecule has 0 saturated carbocycles. The minimum atomic E-state index is 0.758. The smallest absolute Gasteiger partial charge is 0.0400 e. The molecule has 1 unspecified atom stereocenters. The molecule has 2 N–H and O–H groups in total. The van der Waals surface area contributed by atoms with E-state index in [2.05, 4.69) is 37.8 Å². The van der Waals surface area contributed by atoms with Gasteiger partial charge in [0.1, 0.15) is 0 Å². The van der Waals surface area contributed by atoms with Crippen molar-refractivity contribution in [3.63, 3.8) is 0 Å². The first-order chi connectivity index (χ1) is 8.56. The number of hydrogen-bond donors (Lipinski definition) is 1. The molecule has 0 saturated heterocycles. The summed E-state index contributed by atoms with van der Waals surface area (Å²) in [4.78, 5) is 2.55. The molecule has 18 heavy (non-hydrogen) atoms. The number of nitrogens with zero attached hydrogens (tertiary/aromatic N) is 1. The number of hydrogen-bond acceptors (Lipinski definition) is 2. The lowest BCUT2D eigenvalue weighted by molar-refractivity contribution is 0.431. The van der Waals surface area contributed by atoms with Crippen LogP contribution in [0.5, 0.6) is 0 Å². The minimum absolute atomic E-state index is 0.758. The highest BCUT2D eigenvalue weighted by atomic mass is 15.1. The van der Waals surface area contributed by atoms with E-state index in [1.54, 1.807) is 0 Å². The van der Waals surface area contributed by atoms with Gasteiger partial charge in [0, 0.05) is 24.5 Å². The number of rotatable bonds is 4. The summed E-state index contributed by atoms with van der Waals surface area (Å²) < 4.78 is 0. The first kappa shape index (κ1) is 13.3. The molecular formula is C16H26N2. The van der Waals surface area contributed by atoms with Crippen molar-refractivity contribution < 1.29 is 0 Å². The van der Waals surface area contributed by atoms with Gasteiger partial charge in [0.05, 0.1) is 0 Å². The van der Waals surface area contributed by atoms with E-state index in [0.29, 0.717) is 0 Å². The molecule has 0 bridgehead atoms. The van der Waals surface area contributed by atoms with Gasteiger partial charge in [0.15, 0.2) is 0 Å². The number of aryl methyl sites for hydroxylation is 1. The molecule has 0 radical (unpaired) electrons. The van der Waals surface area contributed by atoms with Crippen molar-refractivity contribution in [2.45, 2.75) is 40.0 Å². The van der Waals surface area contributed by atoms with Crippen molar-refractivity contribution in [3.8, 4) is 0 Å². The summed E-state index contributed by atoms with van der Waals surface area (Å²) in [6, 6.07) is 6.38. The van der Waals surface area contributed by atoms with Crippen LogP contribution >= 0.6 is 0 Å². The molecule has 2 nitrogen and oxygen atoms in total. The number of nitrogen functional groups attached to an aromatic ring is 1. The van der Waals surface area contributed by atoms with E-state index in [1.165, 1.54) is 43.6 Å². The predicted octanol–water partition coefficient (Wildman–Crippen LogP) is 3.70. The molecule has 0 spiro atoms. The first-order valence-corrected chi connectivity index (χ1v) is 7.19. The lowest BCUT2D eigenvalue weighted by Crippen LogP contribution is -2.33. The van der Waals surface area contributed by atoms with Gasteiger partial charge in [-0.05, 0) is 54.9 Å². The maximum Gasteiger partial charge on any atom is 0.0400 e. The van der Waals surface area contributed by atoms with E-state index in [9.17, 15) is 0 Å². The predicted molar refractivity (Wildman–Crippen MR) is 80.0 cm³/mol. The Bertz CT molecular complexity index is 398. The van der Waals surface area contributed by atoms with Gasteiger partial charge < -0.3 is 10.6 Å². The zero-order valence-corrected chi connectivity index (χ0v) is 11.9. The minimum Gasteiger partial charge on any atom is -0.399 e. The third kappa shape index (κ3) is 3.18. The molecule has 1 atom stereocenters. The fraction of sp³-hybridized carbons (Fsp3) is 0.625. The van der Waals surface area contributed by atoms with Crippen molar-refractivity contribution in [3.05, 3.63) is 23.8 Å². The Balaban J connectivity index is 2.08. The summed E-state index contributed by atoms with van der Waals surface area (Å²) in [6.07, 6.45) is 3.74. The van der Waals surface area contributed by atoms with Gasteiger partial charge in [0.25, 0.3) is 0 Å². The van der Waals surface area contributed by atoms with Gasteiger partial charge in [-0.2, -0.15) is 0 Å². The van der Waals surface area contributed by atoms with Crippen molar-refractivity contribution in [2.24, 2.45) is 11.8 Å². The number of fused-ring (bicyclic) bond motifs is 1. The summed E-state index contributed by atoms with van der Waals surface area (Å²) in [5.41, 5.74) is 9.61. The molecule has 0 fully saturated rings. The second kappa shape index (κ2) is 5.64. The van der Waals surface area contributed by atoms with Crippen LogP contribution in [-0.4, -0.2) is 13.1 Å². The van der Waals surface area contributed by atoms with Gasteiger partial charge in [-0.15, -0.1) is 0 Å². The van der Waals surface area contributed by atoms with Crippen molar-refractivity contribution >= 4 is 11.4 Å². The lowest BCUT2D eigenvalue weighted by atomic mass is 9.95. The molecule has 1 aromatic rings. The van der Waals surface area contributed by atoms with Crippen LogP contribution in [0, 0.1) is 11.8 Å². The molecular weight excluding hydrogens is 220 g/mol. The zero-order valence-electron chi connectivity index (χ0n) is 11.9. The highest BCUT2D eigenvalue weighted by Crippen LogP contribution is 2.30. The molecule has 100 valence electrons. The lowest BCUT2D eigenvalue weighted by Gasteiger charge is -2.34. The monoisotopic (exact) mass is 246 g/mol. The fourth-order valence-corrected chi connectivity index (χ4v) is 3.14. The van der Waals surface area contributed by atoms with Crippen molar-refractivity contribution in [1.82, 2.24) is 0 Å². The molecule has 0 aromatic heterocycles. The number of benzene rings is 1. The third-order valence-corrected chi connectivity index (χ3v) is 3.72. The standard InChI is InChI=1S/C16H26N2/c1-12(2)9-13(3)11-18-8-4-5-14-10-15(17)6-7-16(14)18/h6-7,10,12-13H,4-5,8-9,11,17H2,1-3H3. The fourth-order valence-electron chi connectivity index (χ4n) is 3.14. The van der Waals surface area contributed by atoms with Gasteiger partial charge in [-0.1, -0.05) is 20.8 Å². The van der Waals surface area contributed by atoms with Crippen LogP contribution in [0.25, 0.3) is 0 Å². The van der Waals surface area contributed by atoms with E-state index in [0.717, 1.165) is 17.5 Å². The summed E-state index contributed by atoms with van der Waals surface area (Å²) >= 11 is 0. The maximum atomic E-state index is 5.88. The van der Waals surface area contributed by atoms with Crippen LogP contribution in [0.2, 0.25) is 0 Å². The van der Waals surface area contributed by atoms with Gasteiger partial charge in [0.2, 0.25) is 0 Å².